The van der Waals surface area contributed by atoms with Crippen molar-refractivity contribution >= 4 is 0 Å². The van der Waals surface area contributed by atoms with Crippen LogP contribution in [-0.2, 0) is 6.54 Å². The van der Waals surface area contributed by atoms with Crippen LogP contribution in [0.5, 0.6) is 0 Å². The van der Waals surface area contributed by atoms with Crippen LogP contribution >= 0.6 is 0 Å². The van der Waals surface area contributed by atoms with Gasteiger partial charge in [0.05, 0.1) is 5.54 Å². The fraction of sp³-hybridized carbons (Fsp3) is 0.538. The molecule has 17 heavy (non-hydrogen) atoms. The van der Waals surface area contributed by atoms with Gasteiger partial charge in [-0.3, -0.25) is 4.90 Å². The van der Waals surface area contributed by atoms with E-state index in [9.17, 15) is 8.78 Å². The minimum Gasteiger partial charge on any atom is -0.304 e. The number of piperazine rings is 1. The van der Waals surface area contributed by atoms with Crippen molar-refractivity contribution in [3.8, 4) is 0 Å². The summed E-state index contributed by atoms with van der Waals surface area (Å²) in [6.45, 7) is 4.16. The zero-order chi connectivity index (χ0) is 12.3. The molecule has 0 bridgehead atoms. The van der Waals surface area contributed by atoms with E-state index in [-0.39, 0.29) is 0 Å². The third kappa shape index (κ3) is 3.01. The van der Waals surface area contributed by atoms with Crippen molar-refractivity contribution in [1.29, 1.82) is 0 Å². The first-order valence-corrected chi connectivity index (χ1v) is 5.90. The second-order valence-electron chi connectivity index (χ2n) is 4.84. The van der Waals surface area contributed by atoms with E-state index in [1.807, 2.05) is 30.3 Å². The van der Waals surface area contributed by atoms with E-state index >= 15 is 0 Å². The summed E-state index contributed by atoms with van der Waals surface area (Å²) in [6.07, 6.45) is -2.33. The number of nitrogens with one attached hydrogen (secondary N) is 1. The molecule has 0 unspecified atom stereocenters. The molecule has 1 aromatic rings. The highest BCUT2D eigenvalue weighted by molar-refractivity contribution is 5.14. The molecule has 1 aliphatic rings. The molecule has 1 fully saturated rings. The maximum Gasteiger partial charge on any atom is 0.257 e. The van der Waals surface area contributed by atoms with E-state index < -0.39 is 12.0 Å². The van der Waals surface area contributed by atoms with Gasteiger partial charge in [0.15, 0.2) is 0 Å². The van der Waals surface area contributed by atoms with Gasteiger partial charge in [0.2, 0.25) is 0 Å². The Hall–Kier alpha value is -1.00. The molecule has 1 aromatic carbocycles. The summed E-state index contributed by atoms with van der Waals surface area (Å²) in [6, 6.07) is 9.97. The highest BCUT2D eigenvalue weighted by Crippen LogP contribution is 2.20. The van der Waals surface area contributed by atoms with E-state index in [0.717, 1.165) is 13.1 Å². The van der Waals surface area contributed by atoms with Gasteiger partial charge >= 0.3 is 0 Å². The average molecular weight is 240 g/mol. The van der Waals surface area contributed by atoms with Gasteiger partial charge in [0, 0.05) is 26.2 Å². The zero-order valence-corrected chi connectivity index (χ0v) is 10.00. The molecule has 0 amide bonds. The predicted octanol–water partition coefficient (Wildman–Crippen LogP) is 2.12. The number of halogens is 2. The van der Waals surface area contributed by atoms with Crippen molar-refractivity contribution in [3.63, 3.8) is 0 Å². The number of benzene rings is 1. The van der Waals surface area contributed by atoms with E-state index in [1.165, 1.54) is 5.56 Å². The van der Waals surface area contributed by atoms with Gasteiger partial charge in [0.1, 0.15) is 0 Å². The van der Waals surface area contributed by atoms with Gasteiger partial charge in [-0.2, -0.15) is 0 Å². The van der Waals surface area contributed by atoms with Gasteiger partial charge < -0.3 is 5.32 Å². The van der Waals surface area contributed by atoms with Crippen LogP contribution in [0.15, 0.2) is 30.3 Å². The fourth-order valence-electron chi connectivity index (χ4n) is 2.22. The van der Waals surface area contributed by atoms with Crippen molar-refractivity contribution < 1.29 is 8.78 Å². The molecule has 0 radical (unpaired) electrons. The number of nitrogens with zero attached hydrogens (tertiary/aromatic N) is 1. The Kier molecular flexibility index (Phi) is 3.74. The summed E-state index contributed by atoms with van der Waals surface area (Å²) >= 11 is 0. The van der Waals surface area contributed by atoms with Gasteiger partial charge in [-0.25, -0.2) is 8.78 Å². The molecule has 1 N–H and O–H groups in total. The van der Waals surface area contributed by atoms with E-state index in [2.05, 4.69) is 10.2 Å². The van der Waals surface area contributed by atoms with Crippen LogP contribution < -0.4 is 5.32 Å². The molecule has 1 heterocycles. The first kappa shape index (κ1) is 12.5. The zero-order valence-electron chi connectivity index (χ0n) is 10.00. The molecular weight excluding hydrogens is 222 g/mol. The Bertz CT molecular complexity index is 356. The third-order valence-electron chi connectivity index (χ3n) is 3.24. The summed E-state index contributed by atoms with van der Waals surface area (Å²) in [7, 11) is 0. The normalized spacial score (nSPS) is 26.4. The standard InChI is InChI=1S/C13H18F2N2/c1-13(12(14)15)10-17(8-7-16-13)9-11-5-3-2-4-6-11/h2-6,12,16H,7-10H2,1H3/t13-/m1/s1. The van der Waals surface area contributed by atoms with Crippen LogP contribution in [0.1, 0.15) is 12.5 Å². The Labute approximate surface area is 101 Å². The summed E-state index contributed by atoms with van der Waals surface area (Å²) in [5, 5.41) is 2.92. The van der Waals surface area contributed by atoms with E-state index in [4.69, 9.17) is 0 Å². The van der Waals surface area contributed by atoms with Crippen LogP contribution in [0.25, 0.3) is 0 Å². The predicted molar refractivity (Wildman–Crippen MR) is 64.1 cm³/mol. The smallest absolute Gasteiger partial charge is 0.257 e. The summed E-state index contributed by atoms with van der Waals surface area (Å²) < 4.78 is 25.9. The minimum absolute atomic E-state index is 0.388. The second-order valence-corrected chi connectivity index (χ2v) is 4.84. The SMILES string of the molecule is C[C@]1(C(F)F)CN(Cc2ccccc2)CCN1. The van der Waals surface area contributed by atoms with Crippen molar-refractivity contribution in [2.45, 2.75) is 25.4 Å². The lowest BCUT2D eigenvalue weighted by Crippen LogP contribution is -2.62. The fourth-order valence-corrected chi connectivity index (χ4v) is 2.22. The van der Waals surface area contributed by atoms with E-state index in [1.54, 1.807) is 6.92 Å². The molecule has 1 aliphatic heterocycles. The van der Waals surface area contributed by atoms with Crippen LogP contribution in [0.2, 0.25) is 0 Å². The van der Waals surface area contributed by atoms with Crippen LogP contribution in [0.4, 0.5) is 8.78 Å². The summed E-state index contributed by atoms with van der Waals surface area (Å²) in [4.78, 5) is 2.08. The van der Waals surface area contributed by atoms with Gasteiger partial charge in [-0.05, 0) is 12.5 Å². The van der Waals surface area contributed by atoms with Crippen molar-refractivity contribution in [2.24, 2.45) is 0 Å². The first-order valence-electron chi connectivity index (χ1n) is 5.90. The largest absolute Gasteiger partial charge is 0.304 e. The first-order chi connectivity index (χ1) is 8.10. The van der Waals surface area contributed by atoms with Crippen LogP contribution in [-0.4, -0.2) is 36.5 Å². The van der Waals surface area contributed by atoms with Crippen molar-refractivity contribution in [3.05, 3.63) is 35.9 Å². The second kappa shape index (κ2) is 5.10. The maximum absolute atomic E-state index is 12.9. The molecular formula is C13H18F2N2. The molecule has 0 saturated carbocycles. The molecule has 0 aliphatic carbocycles. The number of alkyl halides is 2. The Morgan fingerprint density at radius 3 is 2.71 bits per heavy atom. The Morgan fingerprint density at radius 1 is 1.35 bits per heavy atom. The lowest BCUT2D eigenvalue weighted by atomic mass is 9.99. The molecule has 0 aromatic heterocycles. The summed E-state index contributed by atoms with van der Waals surface area (Å²) in [5.41, 5.74) is 0.0959. The monoisotopic (exact) mass is 240 g/mol. The highest BCUT2D eigenvalue weighted by Gasteiger charge is 2.38. The molecule has 1 saturated heterocycles. The lowest BCUT2D eigenvalue weighted by molar-refractivity contribution is -0.00371. The quantitative estimate of drug-likeness (QED) is 0.870. The molecule has 1 atom stereocenters. The topological polar surface area (TPSA) is 15.3 Å². The van der Waals surface area contributed by atoms with Gasteiger partial charge in [-0.1, -0.05) is 30.3 Å². The molecule has 2 rings (SSSR count). The Morgan fingerprint density at radius 2 is 2.06 bits per heavy atom. The third-order valence-corrected chi connectivity index (χ3v) is 3.24. The number of hydrogen-bond donors (Lipinski definition) is 1. The Balaban J connectivity index is 1.99. The van der Waals surface area contributed by atoms with Crippen LogP contribution in [0.3, 0.4) is 0 Å². The van der Waals surface area contributed by atoms with Crippen molar-refractivity contribution in [2.75, 3.05) is 19.6 Å². The number of hydrogen-bond acceptors (Lipinski definition) is 2. The number of rotatable bonds is 3. The minimum atomic E-state index is -2.33. The van der Waals surface area contributed by atoms with E-state index in [0.29, 0.717) is 13.1 Å². The van der Waals surface area contributed by atoms with Gasteiger partial charge in [-0.15, -0.1) is 0 Å². The van der Waals surface area contributed by atoms with Gasteiger partial charge in [0.25, 0.3) is 6.43 Å². The molecule has 0 spiro atoms. The van der Waals surface area contributed by atoms with Crippen LogP contribution in [0, 0.1) is 0 Å². The van der Waals surface area contributed by atoms with Crippen molar-refractivity contribution in [1.82, 2.24) is 10.2 Å². The lowest BCUT2D eigenvalue weighted by Gasteiger charge is -2.40. The molecule has 4 heteroatoms. The highest BCUT2D eigenvalue weighted by atomic mass is 19.3. The maximum atomic E-state index is 12.9. The molecule has 2 nitrogen and oxygen atoms in total. The molecule has 94 valence electrons. The average Bonchev–Trinajstić information content (AvgIpc) is 2.30. The summed E-state index contributed by atoms with van der Waals surface area (Å²) in [5.74, 6) is 0.